The zero-order valence-corrected chi connectivity index (χ0v) is 36.1. The summed E-state index contributed by atoms with van der Waals surface area (Å²) in [6.45, 7) is 8.51. The van der Waals surface area contributed by atoms with Crippen molar-refractivity contribution in [2.75, 3.05) is 0 Å². The molecule has 10 aromatic carbocycles. The Hall–Kier alpha value is -7.04. The Labute approximate surface area is 370 Å². The van der Waals surface area contributed by atoms with E-state index in [-0.39, 0.29) is 0 Å². The molecule has 0 saturated carbocycles. The molecule has 1 fully saturated rings. The molecule has 0 bridgehead atoms. The number of hydrogen-bond acceptors (Lipinski definition) is 2. The fraction of sp³-hybridized carbons (Fsp3) is 0.100. The molecular formula is C60H47BO2. The highest BCUT2D eigenvalue weighted by atomic mass is 16.7. The molecule has 0 atom stereocenters. The van der Waals surface area contributed by atoms with Crippen LogP contribution in [0.3, 0.4) is 0 Å². The lowest BCUT2D eigenvalue weighted by molar-refractivity contribution is 0.00578. The first-order valence-electron chi connectivity index (χ1n) is 22.0. The van der Waals surface area contributed by atoms with E-state index in [1.54, 1.807) is 0 Å². The lowest BCUT2D eigenvalue weighted by atomic mass is 9.75. The maximum atomic E-state index is 6.82. The monoisotopic (exact) mass is 810 g/mol. The molecular weight excluding hydrogens is 763 g/mol. The molecule has 63 heavy (non-hydrogen) atoms. The van der Waals surface area contributed by atoms with Gasteiger partial charge in [0.05, 0.1) is 11.2 Å². The van der Waals surface area contributed by atoms with E-state index in [2.05, 4.69) is 240 Å². The molecule has 0 unspecified atom stereocenters. The summed E-state index contributed by atoms with van der Waals surface area (Å²) in [6, 6.07) is 77.6. The summed E-state index contributed by atoms with van der Waals surface area (Å²) in [7, 11) is -0.549. The SMILES string of the molecule is CC1(C)OB(c2cc(-c3cc(-c4ccccc4)cc(-c4ccccc4)c3)cc(-c3ccc(-c4cccc5ccccc45)c4c(-c5cccc6ccccc56)cccc34)c2)OC1(C)C. The van der Waals surface area contributed by atoms with Crippen molar-refractivity contribution in [3.05, 3.63) is 212 Å². The molecule has 10 aromatic rings. The molecule has 11 rings (SSSR count). The largest absolute Gasteiger partial charge is 0.494 e. The summed E-state index contributed by atoms with van der Waals surface area (Å²) in [6.07, 6.45) is 0. The van der Waals surface area contributed by atoms with Gasteiger partial charge in [-0.15, -0.1) is 0 Å². The van der Waals surface area contributed by atoms with E-state index in [1.807, 2.05) is 0 Å². The van der Waals surface area contributed by atoms with Crippen LogP contribution in [0.4, 0.5) is 0 Å². The Bertz CT molecular complexity index is 3180. The van der Waals surface area contributed by atoms with Gasteiger partial charge in [-0.1, -0.05) is 188 Å². The van der Waals surface area contributed by atoms with Crippen LogP contribution in [0.2, 0.25) is 0 Å². The Balaban J connectivity index is 1.19. The second-order valence-corrected chi connectivity index (χ2v) is 17.9. The molecule has 0 aromatic heterocycles. The van der Waals surface area contributed by atoms with E-state index in [1.165, 1.54) is 76.8 Å². The minimum atomic E-state index is -0.549. The maximum Gasteiger partial charge on any atom is 0.494 e. The summed E-state index contributed by atoms with van der Waals surface area (Å²) in [5.41, 5.74) is 14.0. The molecule has 0 aliphatic carbocycles. The second-order valence-electron chi connectivity index (χ2n) is 17.9. The van der Waals surface area contributed by atoms with Crippen molar-refractivity contribution in [2.45, 2.75) is 38.9 Å². The first kappa shape index (κ1) is 38.9. The molecule has 1 aliphatic rings. The van der Waals surface area contributed by atoms with Gasteiger partial charge >= 0.3 is 7.12 Å². The van der Waals surface area contributed by atoms with Crippen LogP contribution in [-0.4, -0.2) is 18.3 Å². The molecule has 0 amide bonds. The van der Waals surface area contributed by atoms with Gasteiger partial charge in [-0.05, 0) is 157 Å². The standard InChI is InChI=1S/C60H47BO2/c1-59(2)60(3,4)63-61(62-59)49-38-47(46-35-44(40-18-7-5-8-19-40)34-45(36-46)41-20-9-6-10-21-41)37-48(39-49)52-32-33-57(54-29-16-25-43-23-12-14-27-51(43)54)58-55(52)30-17-31-56(58)53-28-15-24-42-22-11-13-26-50(42)53/h5-39H,1-4H3. The van der Waals surface area contributed by atoms with Crippen molar-refractivity contribution < 1.29 is 9.31 Å². The number of benzene rings is 10. The van der Waals surface area contributed by atoms with Crippen LogP contribution in [0, 0.1) is 0 Å². The van der Waals surface area contributed by atoms with Gasteiger partial charge in [0, 0.05) is 0 Å². The van der Waals surface area contributed by atoms with Crippen molar-refractivity contribution in [1.82, 2.24) is 0 Å². The van der Waals surface area contributed by atoms with Crippen LogP contribution in [-0.2, 0) is 9.31 Å². The van der Waals surface area contributed by atoms with E-state index in [4.69, 9.17) is 9.31 Å². The van der Waals surface area contributed by atoms with Crippen molar-refractivity contribution in [3.63, 3.8) is 0 Å². The summed E-state index contributed by atoms with van der Waals surface area (Å²) in [5, 5.41) is 7.33. The quantitative estimate of drug-likeness (QED) is 0.149. The first-order valence-corrected chi connectivity index (χ1v) is 22.0. The molecule has 3 heteroatoms. The molecule has 0 N–H and O–H groups in total. The van der Waals surface area contributed by atoms with Crippen LogP contribution < -0.4 is 5.46 Å². The average Bonchev–Trinajstić information content (AvgIpc) is 3.56. The fourth-order valence-corrected chi connectivity index (χ4v) is 9.51. The lowest BCUT2D eigenvalue weighted by Gasteiger charge is -2.32. The van der Waals surface area contributed by atoms with Gasteiger partial charge in [0.1, 0.15) is 0 Å². The van der Waals surface area contributed by atoms with Crippen LogP contribution in [0.15, 0.2) is 212 Å². The molecule has 0 radical (unpaired) electrons. The number of rotatable bonds is 7. The minimum Gasteiger partial charge on any atom is -0.399 e. The topological polar surface area (TPSA) is 18.5 Å². The molecule has 302 valence electrons. The van der Waals surface area contributed by atoms with Crippen molar-refractivity contribution in [3.8, 4) is 66.8 Å². The van der Waals surface area contributed by atoms with E-state index in [0.717, 1.165) is 27.7 Å². The van der Waals surface area contributed by atoms with Crippen LogP contribution in [0.25, 0.3) is 99.1 Å². The lowest BCUT2D eigenvalue weighted by Crippen LogP contribution is -2.41. The third-order valence-corrected chi connectivity index (χ3v) is 13.5. The Morgan fingerprint density at radius 2 is 0.683 bits per heavy atom. The fourth-order valence-electron chi connectivity index (χ4n) is 9.51. The third-order valence-electron chi connectivity index (χ3n) is 13.5. The smallest absolute Gasteiger partial charge is 0.399 e. The Morgan fingerprint density at radius 3 is 1.25 bits per heavy atom. The van der Waals surface area contributed by atoms with E-state index in [0.29, 0.717) is 0 Å². The van der Waals surface area contributed by atoms with E-state index >= 15 is 0 Å². The second kappa shape index (κ2) is 15.4. The van der Waals surface area contributed by atoms with E-state index in [9.17, 15) is 0 Å². The highest BCUT2D eigenvalue weighted by Gasteiger charge is 2.51. The molecule has 0 spiro atoms. The van der Waals surface area contributed by atoms with Gasteiger partial charge in [0.2, 0.25) is 0 Å². The normalized spacial score (nSPS) is 14.4. The zero-order chi connectivity index (χ0) is 42.7. The van der Waals surface area contributed by atoms with E-state index < -0.39 is 18.3 Å². The Morgan fingerprint density at radius 1 is 0.302 bits per heavy atom. The highest BCUT2D eigenvalue weighted by Crippen LogP contribution is 2.45. The predicted octanol–water partition coefficient (Wildman–Crippen LogP) is 15.4. The first-order chi connectivity index (χ1) is 30.7. The summed E-state index contributed by atoms with van der Waals surface area (Å²) < 4.78 is 13.6. The van der Waals surface area contributed by atoms with Crippen LogP contribution in [0.1, 0.15) is 27.7 Å². The van der Waals surface area contributed by atoms with Crippen molar-refractivity contribution in [2.24, 2.45) is 0 Å². The summed E-state index contributed by atoms with van der Waals surface area (Å²) >= 11 is 0. The van der Waals surface area contributed by atoms with Gasteiger partial charge in [0.25, 0.3) is 0 Å². The molecule has 1 saturated heterocycles. The van der Waals surface area contributed by atoms with Crippen LogP contribution in [0.5, 0.6) is 0 Å². The highest BCUT2D eigenvalue weighted by molar-refractivity contribution is 6.62. The van der Waals surface area contributed by atoms with Gasteiger partial charge in [0.15, 0.2) is 0 Å². The van der Waals surface area contributed by atoms with Gasteiger partial charge in [-0.25, -0.2) is 0 Å². The zero-order valence-electron chi connectivity index (χ0n) is 36.1. The summed E-state index contributed by atoms with van der Waals surface area (Å²) in [5.74, 6) is 0. The summed E-state index contributed by atoms with van der Waals surface area (Å²) in [4.78, 5) is 0. The average molecular weight is 811 g/mol. The number of hydrogen-bond donors (Lipinski definition) is 0. The molecule has 2 nitrogen and oxygen atoms in total. The van der Waals surface area contributed by atoms with Gasteiger partial charge in [-0.2, -0.15) is 0 Å². The number of fused-ring (bicyclic) bond motifs is 3. The van der Waals surface area contributed by atoms with Crippen molar-refractivity contribution >= 4 is 44.9 Å². The maximum absolute atomic E-state index is 6.82. The Kier molecular flexibility index (Phi) is 9.50. The predicted molar refractivity (Wildman–Crippen MR) is 267 cm³/mol. The third kappa shape index (κ3) is 6.95. The van der Waals surface area contributed by atoms with Crippen molar-refractivity contribution in [1.29, 1.82) is 0 Å². The molecule has 1 aliphatic heterocycles. The van der Waals surface area contributed by atoms with Gasteiger partial charge in [-0.3, -0.25) is 0 Å². The minimum absolute atomic E-state index is 0.498. The van der Waals surface area contributed by atoms with Gasteiger partial charge < -0.3 is 9.31 Å². The van der Waals surface area contributed by atoms with Crippen LogP contribution >= 0.6 is 0 Å². The molecule has 1 heterocycles.